The molecule has 0 unspecified atom stereocenters. The van der Waals surface area contributed by atoms with Gasteiger partial charge in [0.2, 0.25) is 5.95 Å². The summed E-state index contributed by atoms with van der Waals surface area (Å²) in [7, 11) is 1.64. The third-order valence-electron chi connectivity index (χ3n) is 4.29. The van der Waals surface area contributed by atoms with Crippen molar-refractivity contribution in [2.75, 3.05) is 20.3 Å². The van der Waals surface area contributed by atoms with E-state index in [9.17, 15) is 4.79 Å². The van der Waals surface area contributed by atoms with Crippen LogP contribution in [0.1, 0.15) is 46.0 Å². The second-order valence-corrected chi connectivity index (χ2v) is 6.28. The number of imidazole rings is 1. The third kappa shape index (κ3) is 4.86. The Balaban J connectivity index is 1.65. The van der Waals surface area contributed by atoms with E-state index in [2.05, 4.69) is 20.3 Å². The van der Waals surface area contributed by atoms with Gasteiger partial charge in [-0.15, -0.1) is 0 Å². The summed E-state index contributed by atoms with van der Waals surface area (Å²) in [6.45, 7) is 2.85. The van der Waals surface area contributed by atoms with Crippen LogP contribution in [-0.4, -0.2) is 57.9 Å². The van der Waals surface area contributed by atoms with Gasteiger partial charge in [-0.3, -0.25) is 9.36 Å². The first-order valence-electron chi connectivity index (χ1n) is 10.2. The van der Waals surface area contributed by atoms with Gasteiger partial charge >= 0.3 is 0 Å². The van der Waals surface area contributed by atoms with Gasteiger partial charge in [0.05, 0.1) is 22.1 Å². The van der Waals surface area contributed by atoms with Crippen LogP contribution in [0.4, 0.5) is 0 Å². The molecule has 26 heavy (non-hydrogen) atoms. The molecule has 0 radical (unpaired) electrons. The van der Waals surface area contributed by atoms with Crippen molar-refractivity contribution in [3.8, 4) is 5.95 Å². The van der Waals surface area contributed by atoms with E-state index in [1.165, 1.54) is 0 Å². The molecule has 1 saturated carbocycles. The average Bonchev–Trinajstić information content (AvgIpc) is 2.94. The Labute approximate surface area is 157 Å². The van der Waals surface area contributed by atoms with Gasteiger partial charge in [-0.25, -0.2) is 15.0 Å². The fourth-order valence-corrected chi connectivity index (χ4v) is 2.97. The van der Waals surface area contributed by atoms with E-state index in [0.29, 0.717) is 18.9 Å². The lowest BCUT2D eigenvalue weighted by Gasteiger charge is -2.29. The fourth-order valence-electron chi connectivity index (χ4n) is 2.97. The van der Waals surface area contributed by atoms with Gasteiger partial charge in [0.25, 0.3) is 5.91 Å². The van der Waals surface area contributed by atoms with Crippen molar-refractivity contribution in [2.24, 2.45) is 0 Å². The quantitative estimate of drug-likeness (QED) is 0.754. The molecular weight excluding hydrogens is 334 g/mol. The smallest absolute Gasteiger partial charge is 0.270 e. The second kappa shape index (κ2) is 8.86. The van der Waals surface area contributed by atoms with Gasteiger partial charge in [-0.1, -0.05) is 0 Å². The van der Waals surface area contributed by atoms with Crippen LogP contribution in [-0.2, 0) is 9.47 Å². The predicted molar refractivity (Wildman–Crippen MR) is 95.2 cm³/mol. The number of amides is 1. The number of methoxy groups -OCH3 is 1. The van der Waals surface area contributed by atoms with E-state index in [4.69, 9.17) is 13.6 Å². The van der Waals surface area contributed by atoms with E-state index in [1.54, 1.807) is 20.1 Å². The molecule has 0 atom stereocenters. The predicted octanol–water partition coefficient (Wildman–Crippen LogP) is 1.67. The molecule has 0 spiro atoms. The molecule has 0 bridgehead atoms. The van der Waals surface area contributed by atoms with Gasteiger partial charge in [0.1, 0.15) is 13.4 Å². The Morgan fingerprint density at radius 3 is 2.85 bits per heavy atom. The van der Waals surface area contributed by atoms with Crippen LogP contribution < -0.4 is 5.32 Å². The summed E-state index contributed by atoms with van der Waals surface area (Å²) in [5.41, 5.74) is 0.680. The molecule has 140 valence electrons. The zero-order valence-electron chi connectivity index (χ0n) is 18.0. The molecule has 2 aromatic rings. The number of hydrogen-bond acceptors (Lipinski definition) is 6. The van der Waals surface area contributed by atoms with Crippen LogP contribution in [0.5, 0.6) is 0 Å². The van der Waals surface area contributed by atoms with Crippen molar-refractivity contribution in [2.45, 2.75) is 44.8 Å². The summed E-state index contributed by atoms with van der Waals surface area (Å²) in [6, 6.07) is 1.60. The van der Waals surface area contributed by atoms with Crippen LogP contribution >= 0.6 is 0 Å². The molecule has 2 heterocycles. The summed E-state index contributed by atoms with van der Waals surface area (Å²) in [5, 5.41) is 3.00. The standard InChI is InChI=1S/C18H25N5O3/c1-13-11-16(22-18(20-13)23-8-7-19-12-23)17(24)21-14-3-5-15(6-4-14)26-10-9-25-2/h7-8,11-12,14-15H,3-6,9-10H2,1-2H3,(H,21,24)/i7D,8D,12D. The molecule has 0 aromatic carbocycles. The normalized spacial score (nSPS) is 21.7. The summed E-state index contributed by atoms with van der Waals surface area (Å²) in [4.78, 5) is 24.7. The number of nitrogens with one attached hydrogen (secondary N) is 1. The molecule has 8 heteroatoms. The molecule has 1 aliphatic carbocycles. The summed E-state index contributed by atoms with van der Waals surface area (Å²) < 4.78 is 35.0. The number of aryl methyl sites for hydroxylation is 1. The first kappa shape index (κ1) is 14.8. The number of nitrogens with zero attached hydrogens (tertiary/aromatic N) is 4. The number of ether oxygens (including phenoxy) is 2. The summed E-state index contributed by atoms with van der Waals surface area (Å²) in [6.07, 6.45) is 2.62. The van der Waals surface area contributed by atoms with E-state index < -0.39 is 0 Å². The second-order valence-electron chi connectivity index (χ2n) is 6.28. The van der Waals surface area contributed by atoms with E-state index in [1.807, 2.05) is 0 Å². The highest BCUT2D eigenvalue weighted by molar-refractivity contribution is 5.92. The van der Waals surface area contributed by atoms with Crippen molar-refractivity contribution in [3.63, 3.8) is 0 Å². The average molecular weight is 362 g/mol. The van der Waals surface area contributed by atoms with E-state index in [0.717, 1.165) is 30.3 Å². The molecule has 1 aliphatic rings. The lowest BCUT2D eigenvalue weighted by molar-refractivity contribution is -0.00409. The molecule has 2 aromatic heterocycles. The number of aromatic nitrogens is 4. The van der Waals surface area contributed by atoms with Crippen molar-refractivity contribution in [1.29, 1.82) is 0 Å². The molecule has 1 N–H and O–H groups in total. The van der Waals surface area contributed by atoms with Crippen molar-refractivity contribution >= 4 is 5.91 Å². The number of hydrogen-bond donors (Lipinski definition) is 1. The van der Waals surface area contributed by atoms with Gasteiger partial charge in [-0.05, 0) is 38.7 Å². The molecule has 8 nitrogen and oxygen atoms in total. The van der Waals surface area contributed by atoms with Crippen LogP contribution in [0.3, 0.4) is 0 Å². The molecular formula is C18H25N5O3. The van der Waals surface area contributed by atoms with Gasteiger partial charge in [0, 0.05) is 31.2 Å². The molecule has 3 rings (SSSR count). The topological polar surface area (TPSA) is 91.2 Å². The summed E-state index contributed by atoms with van der Waals surface area (Å²) in [5.74, 6) is -0.337. The zero-order valence-corrected chi connectivity index (χ0v) is 15.0. The fraction of sp³-hybridized carbons (Fsp3) is 0.556. The highest BCUT2D eigenvalue weighted by Gasteiger charge is 2.24. The number of rotatable bonds is 7. The lowest BCUT2D eigenvalue weighted by atomic mass is 9.93. The van der Waals surface area contributed by atoms with Crippen molar-refractivity contribution in [1.82, 2.24) is 24.8 Å². The highest BCUT2D eigenvalue weighted by Crippen LogP contribution is 2.21. The number of carbonyl (C=O) groups is 1. The summed E-state index contributed by atoms with van der Waals surface area (Å²) >= 11 is 0. The first-order chi connectivity index (χ1) is 13.9. The van der Waals surface area contributed by atoms with Gasteiger partial charge in [0.15, 0.2) is 0 Å². The van der Waals surface area contributed by atoms with Crippen LogP contribution in [0.15, 0.2) is 24.7 Å². The van der Waals surface area contributed by atoms with Crippen LogP contribution in [0, 0.1) is 6.92 Å². The maximum absolute atomic E-state index is 12.7. The minimum Gasteiger partial charge on any atom is -0.382 e. The SMILES string of the molecule is [2H]c1nc([2H])n(-c2nc(C)cc(C(=O)NC3CCC(OCCOC)CC3)n2)c1[2H]. The van der Waals surface area contributed by atoms with Crippen LogP contribution in [0.2, 0.25) is 0 Å². The van der Waals surface area contributed by atoms with Gasteiger partial charge < -0.3 is 14.8 Å². The highest BCUT2D eigenvalue weighted by atomic mass is 16.5. The molecule has 0 aliphatic heterocycles. The molecule has 1 fully saturated rings. The number of carbonyl (C=O) groups excluding carboxylic acids is 1. The Morgan fingerprint density at radius 1 is 1.35 bits per heavy atom. The first-order valence-corrected chi connectivity index (χ1v) is 8.69. The Bertz CT molecular complexity index is 869. The maximum Gasteiger partial charge on any atom is 0.270 e. The molecule has 1 amide bonds. The van der Waals surface area contributed by atoms with Crippen LogP contribution in [0.25, 0.3) is 5.95 Å². The largest absolute Gasteiger partial charge is 0.382 e. The van der Waals surface area contributed by atoms with Gasteiger partial charge in [-0.2, -0.15) is 0 Å². The third-order valence-corrected chi connectivity index (χ3v) is 4.29. The Kier molecular flexibility index (Phi) is 5.05. The van der Waals surface area contributed by atoms with Crippen molar-refractivity contribution < 1.29 is 18.4 Å². The minimum absolute atomic E-state index is 0.00796. The molecule has 0 saturated heterocycles. The maximum atomic E-state index is 12.7. The Morgan fingerprint density at radius 2 is 2.15 bits per heavy atom. The monoisotopic (exact) mass is 362 g/mol. The van der Waals surface area contributed by atoms with E-state index in [-0.39, 0.29) is 48.3 Å². The Hall–Kier alpha value is -2.32. The zero-order chi connectivity index (χ0) is 21.0. The van der Waals surface area contributed by atoms with Crippen molar-refractivity contribution in [3.05, 3.63) is 36.1 Å². The van der Waals surface area contributed by atoms with E-state index >= 15 is 0 Å². The minimum atomic E-state index is -0.337. The lowest BCUT2D eigenvalue weighted by Crippen LogP contribution is -2.39.